The smallest absolute Gasteiger partial charge is 0.164 e. The Bertz CT molecular complexity index is 1450. The Balaban J connectivity index is 1.39. The van der Waals surface area contributed by atoms with Gasteiger partial charge in [-0.25, -0.2) is 14.4 Å². The summed E-state index contributed by atoms with van der Waals surface area (Å²) in [7, 11) is 1.52. The zero-order valence-electron chi connectivity index (χ0n) is 16.9. The van der Waals surface area contributed by atoms with Crippen LogP contribution in [0.3, 0.4) is 0 Å². The summed E-state index contributed by atoms with van der Waals surface area (Å²) in [5.74, 6) is 0.908. The molecule has 32 heavy (non-hydrogen) atoms. The molecule has 5 rings (SSSR count). The van der Waals surface area contributed by atoms with Crippen molar-refractivity contribution in [2.24, 2.45) is 0 Å². The molecule has 0 aliphatic heterocycles. The molecule has 2 aromatic carbocycles. The van der Waals surface area contributed by atoms with E-state index in [0.29, 0.717) is 39.3 Å². The van der Waals surface area contributed by atoms with Crippen LogP contribution in [0.4, 0.5) is 4.39 Å². The van der Waals surface area contributed by atoms with Crippen LogP contribution >= 0.6 is 23.2 Å². The van der Waals surface area contributed by atoms with E-state index in [1.54, 1.807) is 30.6 Å². The number of nitrogens with zero attached hydrogens (tertiary/aromatic N) is 2. The first-order valence-electron chi connectivity index (χ1n) is 9.75. The van der Waals surface area contributed by atoms with Gasteiger partial charge in [0.15, 0.2) is 11.5 Å². The highest BCUT2D eigenvalue weighted by Crippen LogP contribution is 2.33. The van der Waals surface area contributed by atoms with E-state index >= 15 is 0 Å². The summed E-state index contributed by atoms with van der Waals surface area (Å²) in [6, 6.07) is 10.1. The lowest BCUT2D eigenvalue weighted by atomic mass is 10.0. The van der Waals surface area contributed by atoms with Gasteiger partial charge in [-0.15, -0.1) is 0 Å². The molecular weight excluding hydrogens is 454 g/mol. The van der Waals surface area contributed by atoms with E-state index in [1.807, 2.05) is 12.1 Å². The number of hydrogen-bond acceptors (Lipinski definition) is 4. The number of nitrogens with one attached hydrogen (secondary N) is 2. The summed E-state index contributed by atoms with van der Waals surface area (Å²) in [5.41, 5.74) is 3.62. The number of benzene rings is 2. The second-order valence-corrected chi connectivity index (χ2v) is 8.14. The van der Waals surface area contributed by atoms with Crippen molar-refractivity contribution in [1.82, 2.24) is 19.9 Å². The summed E-state index contributed by atoms with van der Waals surface area (Å²) in [6.45, 7) is 0.119. The van der Waals surface area contributed by atoms with E-state index in [9.17, 15) is 4.39 Å². The van der Waals surface area contributed by atoms with Crippen molar-refractivity contribution >= 4 is 45.3 Å². The number of H-pyrrole nitrogens is 2. The predicted octanol–water partition coefficient (Wildman–Crippen LogP) is 6.06. The molecule has 0 radical (unpaired) electrons. The lowest BCUT2D eigenvalue weighted by Crippen LogP contribution is -2.02. The van der Waals surface area contributed by atoms with Crippen molar-refractivity contribution in [3.63, 3.8) is 0 Å². The van der Waals surface area contributed by atoms with Gasteiger partial charge < -0.3 is 19.4 Å². The largest absolute Gasteiger partial charge is 0.493 e. The fourth-order valence-corrected chi connectivity index (χ4v) is 3.95. The topological polar surface area (TPSA) is 75.8 Å². The van der Waals surface area contributed by atoms with Crippen LogP contribution in [0.5, 0.6) is 11.5 Å². The summed E-state index contributed by atoms with van der Waals surface area (Å²) in [4.78, 5) is 14.9. The van der Waals surface area contributed by atoms with Crippen LogP contribution < -0.4 is 9.47 Å². The highest BCUT2D eigenvalue weighted by Gasteiger charge is 2.15. The number of fused-ring (bicyclic) bond motifs is 2. The fraction of sp³-hybridized carbons (Fsp3) is 0.130. The van der Waals surface area contributed by atoms with Gasteiger partial charge in [0.25, 0.3) is 0 Å². The molecule has 0 bridgehead atoms. The zero-order valence-corrected chi connectivity index (χ0v) is 18.4. The number of pyridine rings is 1. The quantitative estimate of drug-likeness (QED) is 0.316. The molecule has 2 N–H and O–H groups in total. The molecule has 6 nitrogen and oxygen atoms in total. The van der Waals surface area contributed by atoms with Gasteiger partial charge >= 0.3 is 0 Å². The predicted molar refractivity (Wildman–Crippen MR) is 122 cm³/mol. The van der Waals surface area contributed by atoms with Crippen molar-refractivity contribution in [3.05, 3.63) is 81.6 Å². The number of rotatable bonds is 6. The maximum Gasteiger partial charge on any atom is 0.164 e. The van der Waals surface area contributed by atoms with E-state index in [0.717, 1.165) is 22.0 Å². The average molecular weight is 471 g/mol. The minimum Gasteiger partial charge on any atom is -0.493 e. The third kappa shape index (κ3) is 3.97. The Morgan fingerprint density at radius 2 is 1.91 bits per heavy atom. The maximum absolute atomic E-state index is 14.9. The molecule has 162 valence electrons. The molecule has 0 saturated heterocycles. The number of hydrogen-bond donors (Lipinski definition) is 2. The second kappa shape index (κ2) is 8.33. The van der Waals surface area contributed by atoms with E-state index in [2.05, 4.69) is 19.9 Å². The van der Waals surface area contributed by atoms with E-state index in [1.165, 1.54) is 13.2 Å². The van der Waals surface area contributed by atoms with Gasteiger partial charge in [0.2, 0.25) is 0 Å². The van der Waals surface area contributed by atoms with E-state index < -0.39 is 5.82 Å². The molecule has 0 atom stereocenters. The van der Waals surface area contributed by atoms with Gasteiger partial charge in [-0.2, -0.15) is 0 Å². The first-order valence-corrected chi connectivity index (χ1v) is 10.5. The Labute approximate surface area is 192 Å². The number of methoxy groups -OCH3 is 1. The first-order chi connectivity index (χ1) is 15.5. The number of imidazole rings is 1. The molecule has 0 saturated carbocycles. The highest BCUT2D eigenvalue weighted by molar-refractivity contribution is 6.31. The minimum atomic E-state index is -0.401. The Morgan fingerprint density at radius 3 is 2.75 bits per heavy atom. The molecule has 0 aliphatic carbocycles. The standard InChI is InChI=1S/C23H17Cl2FN4O2/c1-31-20-5-12(4-13-9-27-23-16(13)6-15(25)10-28-23)17(26)8-21(20)32-11-22-29-18-3-2-14(24)7-19(18)30-22/h2-3,5-10H,4,11H2,1H3,(H,27,28)(H,29,30). The zero-order chi connectivity index (χ0) is 22.2. The molecule has 0 aliphatic rings. The van der Waals surface area contributed by atoms with Gasteiger partial charge in [-0.1, -0.05) is 23.2 Å². The lowest BCUT2D eigenvalue weighted by Gasteiger charge is -2.12. The average Bonchev–Trinajstić information content (AvgIpc) is 3.36. The molecule has 3 aromatic heterocycles. The molecule has 0 fully saturated rings. The normalized spacial score (nSPS) is 11.4. The van der Waals surface area contributed by atoms with Crippen molar-refractivity contribution in [3.8, 4) is 11.5 Å². The first kappa shape index (κ1) is 20.6. The minimum absolute atomic E-state index is 0.119. The number of aromatic amines is 2. The van der Waals surface area contributed by atoms with Gasteiger partial charge in [-0.3, -0.25) is 0 Å². The monoisotopic (exact) mass is 470 g/mol. The maximum atomic E-state index is 14.9. The molecule has 0 spiro atoms. The molecule has 0 amide bonds. The molecule has 3 heterocycles. The summed E-state index contributed by atoms with van der Waals surface area (Å²) < 4.78 is 26.2. The van der Waals surface area contributed by atoms with Crippen LogP contribution in [-0.4, -0.2) is 27.0 Å². The second-order valence-electron chi connectivity index (χ2n) is 7.27. The van der Waals surface area contributed by atoms with Crippen LogP contribution in [0.15, 0.2) is 48.8 Å². The van der Waals surface area contributed by atoms with E-state index in [4.69, 9.17) is 32.7 Å². The molecule has 0 unspecified atom stereocenters. The Hall–Kier alpha value is -3.29. The third-order valence-corrected chi connectivity index (χ3v) is 5.60. The number of aromatic nitrogens is 4. The fourth-order valence-electron chi connectivity index (χ4n) is 3.62. The van der Waals surface area contributed by atoms with Gasteiger partial charge in [0, 0.05) is 35.3 Å². The van der Waals surface area contributed by atoms with Crippen LogP contribution in [0.25, 0.3) is 22.1 Å². The van der Waals surface area contributed by atoms with Crippen LogP contribution in [0, 0.1) is 5.82 Å². The van der Waals surface area contributed by atoms with Gasteiger partial charge in [0.05, 0.1) is 23.2 Å². The van der Waals surface area contributed by atoms with Crippen molar-refractivity contribution < 1.29 is 13.9 Å². The number of halogens is 3. The van der Waals surface area contributed by atoms with Gasteiger partial charge in [-0.05, 0) is 41.5 Å². The van der Waals surface area contributed by atoms with E-state index in [-0.39, 0.29) is 12.4 Å². The number of ether oxygens (including phenoxy) is 2. The Morgan fingerprint density at radius 1 is 1.03 bits per heavy atom. The molecular formula is C23H17Cl2FN4O2. The van der Waals surface area contributed by atoms with Crippen LogP contribution in [0.2, 0.25) is 10.0 Å². The highest BCUT2D eigenvalue weighted by atomic mass is 35.5. The summed E-state index contributed by atoms with van der Waals surface area (Å²) in [5, 5.41) is 1.98. The Kier molecular flexibility index (Phi) is 5.36. The summed E-state index contributed by atoms with van der Waals surface area (Å²) in [6.07, 6.45) is 3.71. The SMILES string of the molecule is COc1cc(Cc2c[nH]c3ncc(Cl)cc23)c(F)cc1OCc1nc2ccc(Cl)cc2[nH]1. The molecule has 5 aromatic rings. The van der Waals surface area contributed by atoms with Crippen LogP contribution in [-0.2, 0) is 13.0 Å². The van der Waals surface area contributed by atoms with Crippen molar-refractivity contribution in [2.75, 3.05) is 7.11 Å². The van der Waals surface area contributed by atoms with Crippen molar-refractivity contribution in [2.45, 2.75) is 13.0 Å². The molecule has 9 heteroatoms. The van der Waals surface area contributed by atoms with Crippen molar-refractivity contribution in [1.29, 1.82) is 0 Å². The van der Waals surface area contributed by atoms with Crippen LogP contribution in [0.1, 0.15) is 17.0 Å². The third-order valence-electron chi connectivity index (χ3n) is 5.15. The lowest BCUT2D eigenvalue weighted by molar-refractivity contribution is 0.275. The summed E-state index contributed by atoms with van der Waals surface area (Å²) >= 11 is 12.1. The van der Waals surface area contributed by atoms with Gasteiger partial charge in [0.1, 0.15) is 23.9 Å².